The molecule has 0 bridgehead atoms. The first-order chi connectivity index (χ1) is 11.6. The molecule has 24 heavy (non-hydrogen) atoms. The number of benzene rings is 1. The number of amides is 1. The molecule has 6 nitrogen and oxygen atoms in total. The zero-order valence-electron chi connectivity index (χ0n) is 13.8. The van der Waals surface area contributed by atoms with Crippen molar-refractivity contribution in [3.63, 3.8) is 0 Å². The predicted molar refractivity (Wildman–Crippen MR) is 90.9 cm³/mol. The standard InChI is InChI=1S/C18H22N4O2/c1-13-10-17(24-15-7-3-2-4-8-15)21-18(20-13)14-6-5-9-22(11-14)12-16(19)23/h2-4,7-8,10,14H,5-6,9,11-12H2,1H3,(H2,19,23). The molecule has 1 aromatic heterocycles. The number of nitrogens with two attached hydrogens (primary N) is 1. The van der Waals surface area contributed by atoms with E-state index < -0.39 is 0 Å². The quantitative estimate of drug-likeness (QED) is 0.911. The molecule has 1 fully saturated rings. The average Bonchev–Trinajstić information content (AvgIpc) is 2.55. The highest BCUT2D eigenvalue weighted by molar-refractivity contribution is 5.75. The van der Waals surface area contributed by atoms with Crippen LogP contribution < -0.4 is 10.5 Å². The van der Waals surface area contributed by atoms with Crippen molar-refractivity contribution in [1.29, 1.82) is 0 Å². The summed E-state index contributed by atoms with van der Waals surface area (Å²) in [5.41, 5.74) is 6.18. The second-order valence-corrected chi connectivity index (χ2v) is 6.16. The molecule has 1 aliphatic rings. The molecule has 0 radical (unpaired) electrons. The lowest BCUT2D eigenvalue weighted by molar-refractivity contribution is -0.119. The van der Waals surface area contributed by atoms with E-state index in [1.54, 1.807) is 0 Å². The van der Waals surface area contributed by atoms with Gasteiger partial charge in [0.1, 0.15) is 11.6 Å². The molecule has 0 aliphatic carbocycles. The first-order valence-corrected chi connectivity index (χ1v) is 8.19. The zero-order chi connectivity index (χ0) is 16.9. The minimum absolute atomic E-state index is 0.191. The Hall–Kier alpha value is -2.47. The lowest BCUT2D eigenvalue weighted by Crippen LogP contribution is -2.40. The summed E-state index contributed by atoms with van der Waals surface area (Å²) < 4.78 is 5.84. The van der Waals surface area contributed by atoms with Gasteiger partial charge in [-0.25, -0.2) is 4.98 Å². The number of nitrogens with zero attached hydrogens (tertiary/aromatic N) is 3. The molecule has 1 amide bonds. The topological polar surface area (TPSA) is 81.3 Å². The van der Waals surface area contributed by atoms with Crippen LogP contribution in [0, 0.1) is 6.92 Å². The van der Waals surface area contributed by atoms with Gasteiger partial charge in [-0.3, -0.25) is 9.69 Å². The summed E-state index contributed by atoms with van der Waals surface area (Å²) in [5, 5.41) is 0. The van der Waals surface area contributed by atoms with Gasteiger partial charge >= 0.3 is 0 Å². The molecule has 126 valence electrons. The van der Waals surface area contributed by atoms with Gasteiger partial charge in [0.2, 0.25) is 11.8 Å². The number of likely N-dealkylation sites (tertiary alicyclic amines) is 1. The Balaban J connectivity index is 1.76. The highest BCUT2D eigenvalue weighted by Gasteiger charge is 2.25. The molecule has 2 heterocycles. The van der Waals surface area contributed by atoms with Crippen molar-refractivity contribution in [3.8, 4) is 11.6 Å². The van der Waals surface area contributed by atoms with Crippen molar-refractivity contribution in [1.82, 2.24) is 14.9 Å². The average molecular weight is 326 g/mol. The van der Waals surface area contributed by atoms with E-state index >= 15 is 0 Å². The Bertz CT molecular complexity index is 705. The molecule has 0 saturated carbocycles. The highest BCUT2D eigenvalue weighted by Crippen LogP contribution is 2.27. The summed E-state index contributed by atoms with van der Waals surface area (Å²) >= 11 is 0. The number of primary amides is 1. The van der Waals surface area contributed by atoms with Crippen LogP contribution >= 0.6 is 0 Å². The van der Waals surface area contributed by atoms with Gasteiger partial charge in [0.05, 0.1) is 6.54 Å². The lowest BCUT2D eigenvalue weighted by atomic mass is 9.97. The highest BCUT2D eigenvalue weighted by atomic mass is 16.5. The molecule has 6 heteroatoms. The van der Waals surface area contributed by atoms with Crippen LogP contribution in [0.2, 0.25) is 0 Å². The van der Waals surface area contributed by atoms with Crippen LogP contribution in [-0.2, 0) is 4.79 Å². The van der Waals surface area contributed by atoms with E-state index in [1.165, 1.54) is 0 Å². The zero-order valence-corrected chi connectivity index (χ0v) is 13.8. The third-order valence-corrected chi connectivity index (χ3v) is 4.06. The second-order valence-electron chi connectivity index (χ2n) is 6.16. The van der Waals surface area contributed by atoms with Crippen LogP contribution in [0.25, 0.3) is 0 Å². The van der Waals surface area contributed by atoms with Crippen LogP contribution in [0.4, 0.5) is 0 Å². The predicted octanol–water partition coefficient (Wildman–Crippen LogP) is 2.24. The number of carbonyl (C=O) groups is 1. The summed E-state index contributed by atoms with van der Waals surface area (Å²) in [6.07, 6.45) is 2.01. The Morgan fingerprint density at radius 3 is 2.88 bits per heavy atom. The molecule has 2 N–H and O–H groups in total. The van der Waals surface area contributed by atoms with Crippen LogP contribution in [0.1, 0.15) is 30.3 Å². The molecule has 1 aliphatic heterocycles. The summed E-state index contributed by atoms with van der Waals surface area (Å²) in [5.74, 6) is 1.97. The van der Waals surface area contributed by atoms with E-state index in [1.807, 2.05) is 43.3 Å². The van der Waals surface area contributed by atoms with E-state index in [4.69, 9.17) is 10.5 Å². The number of aryl methyl sites for hydroxylation is 1. The van der Waals surface area contributed by atoms with Crippen molar-refractivity contribution < 1.29 is 9.53 Å². The normalized spacial score (nSPS) is 18.3. The fourth-order valence-corrected chi connectivity index (χ4v) is 3.04. The lowest BCUT2D eigenvalue weighted by Gasteiger charge is -2.31. The Morgan fingerprint density at radius 1 is 1.33 bits per heavy atom. The van der Waals surface area contributed by atoms with E-state index in [0.717, 1.165) is 43.2 Å². The fourth-order valence-electron chi connectivity index (χ4n) is 3.04. The first kappa shape index (κ1) is 16.4. The molecular weight excluding hydrogens is 304 g/mol. The van der Waals surface area contributed by atoms with Gasteiger partial charge in [-0.15, -0.1) is 0 Å². The fraction of sp³-hybridized carbons (Fsp3) is 0.389. The first-order valence-electron chi connectivity index (χ1n) is 8.19. The number of ether oxygens (including phenoxy) is 1. The van der Waals surface area contributed by atoms with Gasteiger partial charge < -0.3 is 10.5 Å². The van der Waals surface area contributed by atoms with Crippen molar-refractivity contribution in [2.24, 2.45) is 5.73 Å². The Labute approximate surface area is 141 Å². The maximum absolute atomic E-state index is 11.2. The molecule has 2 aromatic rings. The van der Waals surface area contributed by atoms with Gasteiger partial charge in [-0.05, 0) is 38.4 Å². The van der Waals surface area contributed by atoms with E-state index in [0.29, 0.717) is 5.88 Å². The van der Waals surface area contributed by atoms with Gasteiger partial charge in [0.15, 0.2) is 0 Å². The largest absolute Gasteiger partial charge is 0.439 e. The summed E-state index contributed by atoms with van der Waals surface area (Å²) in [7, 11) is 0. The van der Waals surface area contributed by atoms with Gasteiger partial charge in [0.25, 0.3) is 0 Å². The van der Waals surface area contributed by atoms with E-state index in [9.17, 15) is 4.79 Å². The molecular formula is C18H22N4O2. The van der Waals surface area contributed by atoms with Gasteiger partial charge in [-0.1, -0.05) is 18.2 Å². The Morgan fingerprint density at radius 2 is 2.12 bits per heavy atom. The van der Waals surface area contributed by atoms with Gasteiger partial charge in [0, 0.05) is 24.2 Å². The summed E-state index contributed by atoms with van der Waals surface area (Å²) in [4.78, 5) is 22.4. The molecule has 0 spiro atoms. The SMILES string of the molecule is Cc1cc(Oc2ccccc2)nc(C2CCCN(CC(N)=O)C2)n1. The van der Waals surface area contributed by atoms with Crippen molar-refractivity contribution in [3.05, 3.63) is 47.9 Å². The molecule has 1 atom stereocenters. The maximum atomic E-state index is 11.2. The minimum atomic E-state index is -0.297. The summed E-state index contributed by atoms with van der Waals surface area (Å²) in [6.45, 7) is 3.86. The van der Waals surface area contributed by atoms with Crippen LogP contribution in [0.15, 0.2) is 36.4 Å². The van der Waals surface area contributed by atoms with E-state index in [2.05, 4.69) is 14.9 Å². The monoisotopic (exact) mass is 326 g/mol. The van der Waals surface area contributed by atoms with Crippen LogP contribution in [0.5, 0.6) is 11.6 Å². The van der Waals surface area contributed by atoms with Crippen LogP contribution in [-0.4, -0.2) is 40.4 Å². The second kappa shape index (κ2) is 7.40. The number of piperidine rings is 1. The number of aromatic nitrogens is 2. The maximum Gasteiger partial charge on any atom is 0.231 e. The molecule has 1 aromatic carbocycles. The molecule has 1 saturated heterocycles. The van der Waals surface area contributed by atoms with Crippen molar-refractivity contribution in [2.75, 3.05) is 19.6 Å². The number of carbonyl (C=O) groups excluding carboxylic acids is 1. The Kier molecular flexibility index (Phi) is 5.05. The molecule has 3 rings (SSSR count). The number of hydrogen-bond acceptors (Lipinski definition) is 5. The van der Waals surface area contributed by atoms with E-state index in [-0.39, 0.29) is 18.4 Å². The van der Waals surface area contributed by atoms with Gasteiger partial charge in [-0.2, -0.15) is 4.98 Å². The number of hydrogen-bond donors (Lipinski definition) is 1. The van der Waals surface area contributed by atoms with Crippen molar-refractivity contribution in [2.45, 2.75) is 25.7 Å². The van der Waals surface area contributed by atoms with Crippen LogP contribution in [0.3, 0.4) is 0 Å². The number of rotatable bonds is 5. The minimum Gasteiger partial charge on any atom is -0.439 e. The third kappa shape index (κ3) is 4.29. The molecule has 1 unspecified atom stereocenters. The third-order valence-electron chi connectivity index (χ3n) is 4.06. The van der Waals surface area contributed by atoms with Crippen molar-refractivity contribution >= 4 is 5.91 Å². The smallest absolute Gasteiger partial charge is 0.231 e. The number of para-hydroxylation sites is 1. The summed E-state index contributed by atoms with van der Waals surface area (Å²) in [6, 6.07) is 11.4.